The van der Waals surface area contributed by atoms with Crippen molar-refractivity contribution < 1.29 is 19.0 Å². The minimum absolute atomic E-state index is 0.269. The smallest absolute Gasteiger partial charge is 0.269 e. The number of nitrogens with two attached hydrogens (primary N) is 1. The number of fused-ring (bicyclic) bond motifs is 2. The fraction of sp³-hybridized carbons (Fsp3) is 0.130. The fourth-order valence-corrected chi connectivity index (χ4v) is 3.34. The third-order valence-electron chi connectivity index (χ3n) is 4.98. The first kappa shape index (κ1) is 20.5. The Morgan fingerprint density at radius 2 is 1.85 bits per heavy atom. The largest absolute Gasteiger partial charge is 0.486 e. The molecular formula is C23H20N6O4. The first-order valence-electron chi connectivity index (χ1n) is 10.2. The number of hydrogen-bond acceptors (Lipinski definition) is 9. The average Bonchev–Trinajstić information content (AvgIpc) is 2.87. The zero-order chi connectivity index (χ0) is 22.8. The molecule has 2 aromatic carbocycles. The van der Waals surface area contributed by atoms with Crippen LogP contribution >= 0.6 is 0 Å². The highest BCUT2D eigenvalue weighted by Gasteiger charge is 2.16. The summed E-state index contributed by atoms with van der Waals surface area (Å²) in [6.45, 7) is 1.01. The van der Waals surface area contributed by atoms with Crippen LogP contribution in [0.25, 0.3) is 10.9 Å². The summed E-state index contributed by atoms with van der Waals surface area (Å²) >= 11 is 0. The Morgan fingerprint density at radius 1 is 1.03 bits per heavy atom. The molecule has 10 heteroatoms. The summed E-state index contributed by atoms with van der Waals surface area (Å²) < 4.78 is 17.1. The number of rotatable bonds is 5. The van der Waals surface area contributed by atoms with Crippen LogP contribution in [0.4, 0.5) is 11.6 Å². The molecule has 10 nitrogen and oxygen atoms in total. The Balaban J connectivity index is 1.37. The van der Waals surface area contributed by atoms with Crippen molar-refractivity contribution in [3.63, 3.8) is 0 Å². The zero-order valence-corrected chi connectivity index (χ0v) is 17.7. The lowest BCUT2D eigenvalue weighted by Gasteiger charge is -2.22. The van der Waals surface area contributed by atoms with E-state index in [-0.39, 0.29) is 11.6 Å². The van der Waals surface area contributed by atoms with E-state index >= 15 is 0 Å². The molecule has 0 saturated carbocycles. The molecule has 0 radical (unpaired) electrons. The van der Waals surface area contributed by atoms with Crippen LogP contribution < -0.4 is 30.4 Å². The maximum Gasteiger partial charge on any atom is 0.269 e. The van der Waals surface area contributed by atoms with Gasteiger partial charge in [0.25, 0.3) is 5.91 Å². The van der Waals surface area contributed by atoms with E-state index in [1.165, 1.54) is 11.2 Å². The van der Waals surface area contributed by atoms with Gasteiger partial charge in [-0.2, -0.15) is 0 Å². The van der Waals surface area contributed by atoms with Crippen LogP contribution in [0, 0.1) is 0 Å². The molecule has 0 saturated heterocycles. The molecule has 0 fully saturated rings. The van der Waals surface area contributed by atoms with Gasteiger partial charge in [-0.3, -0.25) is 9.78 Å². The summed E-state index contributed by atoms with van der Waals surface area (Å²) in [7, 11) is 1.55. The molecule has 0 aliphatic carbocycles. The number of nitrogens with one attached hydrogen (secondary N) is 1. The highest BCUT2D eigenvalue weighted by Crippen LogP contribution is 2.35. The number of pyridine rings is 1. The number of aromatic nitrogens is 3. The minimum Gasteiger partial charge on any atom is -0.486 e. The SMILES string of the molecule is CNC(=O)c1cc(Oc2ccc3nc(N(N)c4ccc5c(c4)OCCO5)ncc3c2)ccn1. The molecule has 1 aliphatic heterocycles. The lowest BCUT2D eigenvalue weighted by Crippen LogP contribution is -2.27. The molecule has 166 valence electrons. The Kier molecular flexibility index (Phi) is 5.33. The van der Waals surface area contributed by atoms with E-state index in [9.17, 15) is 4.79 Å². The molecule has 0 atom stereocenters. The predicted octanol–water partition coefficient (Wildman–Crippen LogP) is 2.96. The number of amides is 1. The third-order valence-corrected chi connectivity index (χ3v) is 4.98. The highest BCUT2D eigenvalue weighted by molar-refractivity contribution is 5.92. The van der Waals surface area contributed by atoms with E-state index in [0.717, 1.165) is 5.39 Å². The molecule has 5 rings (SSSR count). The quantitative estimate of drug-likeness (QED) is 0.353. The van der Waals surface area contributed by atoms with Gasteiger partial charge in [-0.15, -0.1) is 0 Å². The minimum atomic E-state index is -0.288. The van der Waals surface area contributed by atoms with E-state index in [0.29, 0.717) is 53.4 Å². The Morgan fingerprint density at radius 3 is 2.70 bits per heavy atom. The van der Waals surface area contributed by atoms with Gasteiger partial charge in [0.05, 0.1) is 11.2 Å². The summed E-state index contributed by atoms with van der Waals surface area (Å²) in [6.07, 6.45) is 3.19. The van der Waals surface area contributed by atoms with Gasteiger partial charge in [-0.25, -0.2) is 20.8 Å². The van der Waals surface area contributed by atoms with Gasteiger partial charge >= 0.3 is 0 Å². The van der Waals surface area contributed by atoms with E-state index in [4.69, 9.17) is 20.1 Å². The van der Waals surface area contributed by atoms with Crippen molar-refractivity contribution in [2.24, 2.45) is 5.84 Å². The number of anilines is 2. The number of nitrogens with zero attached hydrogens (tertiary/aromatic N) is 4. The average molecular weight is 444 g/mol. The number of carbonyl (C=O) groups excluding carboxylic acids is 1. The van der Waals surface area contributed by atoms with E-state index in [1.807, 2.05) is 24.3 Å². The van der Waals surface area contributed by atoms with Crippen molar-refractivity contribution in [3.05, 3.63) is 66.6 Å². The second-order valence-electron chi connectivity index (χ2n) is 7.15. The summed E-state index contributed by atoms with van der Waals surface area (Å²) in [5.41, 5.74) is 1.63. The Labute approximate surface area is 188 Å². The van der Waals surface area contributed by atoms with Gasteiger partial charge in [0.15, 0.2) is 11.5 Å². The monoisotopic (exact) mass is 444 g/mol. The first-order valence-corrected chi connectivity index (χ1v) is 10.2. The topological polar surface area (TPSA) is 125 Å². The first-order chi connectivity index (χ1) is 16.1. The fourth-order valence-electron chi connectivity index (χ4n) is 3.34. The molecule has 1 amide bonds. The van der Waals surface area contributed by atoms with E-state index in [1.54, 1.807) is 37.5 Å². The number of hydrazine groups is 1. The molecule has 4 aromatic rings. The van der Waals surface area contributed by atoms with Gasteiger partial charge in [0, 0.05) is 37.0 Å². The normalized spacial score (nSPS) is 12.3. The van der Waals surface area contributed by atoms with Crippen LogP contribution in [0.3, 0.4) is 0 Å². The van der Waals surface area contributed by atoms with Crippen molar-refractivity contribution >= 4 is 28.4 Å². The van der Waals surface area contributed by atoms with Gasteiger partial charge < -0.3 is 19.5 Å². The van der Waals surface area contributed by atoms with Crippen molar-refractivity contribution in [1.29, 1.82) is 0 Å². The Bertz CT molecular complexity index is 1350. The van der Waals surface area contributed by atoms with Gasteiger partial charge in [0.1, 0.15) is 30.4 Å². The van der Waals surface area contributed by atoms with Crippen LogP contribution in [0.5, 0.6) is 23.0 Å². The number of hydrogen-bond donors (Lipinski definition) is 2. The molecule has 33 heavy (non-hydrogen) atoms. The maximum atomic E-state index is 11.8. The predicted molar refractivity (Wildman–Crippen MR) is 121 cm³/mol. The molecule has 0 unspecified atom stereocenters. The summed E-state index contributed by atoms with van der Waals surface area (Å²) in [5, 5.41) is 4.70. The number of carbonyl (C=O) groups is 1. The van der Waals surface area contributed by atoms with Crippen LogP contribution in [0.2, 0.25) is 0 Å². The van der Waals surface area contributed by atoms with E-state index < -0.39 is 0 Å². The lowest BCUT2D eigenvalue weighted by molar-refractivity contribution is 0.0958. The van der Waals surface area contributed by atoms with Crippen molar-refractivity contribution in [3.8, 4) is 23.0 Å². The molecule has 1 aliphatic rings. The van der Waals surface area contributed by atoms with Crippen molar-refractivity contribution in [2.45, 2.75) is 0 Å². The second kappa shape index (κ2) is 8.60. The number of ether oxygens (including phenoxy) is 3. The molecule has 3 N–H and O–H groups in total. The molecule has 0 bridgehead atoms. The Hall–Kier alpha value is -4.44. The van der Waals surface area contributed by atoms with Crippen LogP contribution in [0.15, 0.2) is 60.9 Å². The zero-order valence-electron chi connectivity index (χ0n) is 17.7. The van der Waals surface area contributed by atoms with Gasteiger partial charge in [-0.1, -0.05) is 0 Å². The van der Waals surface area contributed by atoms with Gasteiger partial charge in [-0.05, 0) is 36.4 Å². The van der Waals surface area contributed by atoms with Crippen LogP contribution in [-0.4, -0.2) is 41.1 Å². The van der Waals surface area contributed by atoms with Crippen molar-refractivity contribution in [1.82, 2.24) is 20.3 Å². The van der Waals surface area contributed by atoms with E-state index in [2.05, 4.69) is 20.3 Å². The van der Waals surface area contributed by atoms with Gasteiger partial charge in [0.2, 0.25) is 5.95 Å². The second-order valence-corrected chi connectivity index (χ2v) is 7.15. The molecular weight excluding hydrogens is 424 g/mol. The third kappa shape index (κ3) is 4.19. The molecule has 3 heterocycles. The lowest BCUT2D eigenvalue weighted by atomic mass is 10.2. The van der Waals surface area contributed by atoms with Crippen LogP contribution in [0.1, 0.15) is 10.5 Å². The maximum absolute atomic E-state index is 11.8. The van der Waals surface area contributed by atoms with Crippen molar-refractivity contribution in [2.75, 3.05) is 25.3 Å². The summed E-state index contributed by atoms with van der Waals surface area (Å²) in [4.78, 5) is 24.8. The highest BCUT2D eigenvalue weighted by atomic mass is 16.6. The molecule has 2 aromatic heterocycles. The summed E-state index contributed by atoms with van der Waals surface area (Å²) in [6, 6.07) is 14.1. The van der Waals surface area contributed by atoms with Crippen LogP contribution in [-0.2, 0) is 0 Å². The standard InChI is InChI=1S/C23H20N6O4/c1-25-22(30)19-12-17(6-7-26-19)33-16-3-4-18-14(10-16)13-27-23(28-18)29(24)15-2-5-20-21(11-15)32-9-8-31-20/h2-7,10-13H,8-9,24H2,1H3,(H,25,30). The summed E-state index contributed by atoms with van der Waals surface area (Å²) in [5.74, 6) is 8.69. The number of benzene rings is 2. The molecule has 0 spiro atoms.